The van der Waals surface area contributed by atoms with E-state index in [9.17, 15) is 9.90 Å². The molecule has 2 rings (SSSR count). The Kier molecular flexibility index (Phi) is 4.79. The number of nitrogen functional groups attached to an aromatic ring is 1. The van der Waals surface area contributed by atoms with E-state index >= 15 is 0 Å². The van der Waals surface area contributed by atoms with Crippen LogP contribution >= 0.6 is 0 Å². The summed E-state index contributed by atoms with van der Waals surface area (Å²) in [5.41, 5.74) is 6.77. The maximum absolute atomic E-state index is 11.8. The van der Waals surface area contributed by atoms with Gasteiger partial charge in [0.25, 0.3) is 0 Å². The minimum Gasteiger partial charge on any atom is -0.462 e. The van der Waals surface area contributed by atoms with E-state index in [0.717, 1.165) is 19.4 Å². The number of rotatable bonds is 4. The highest BCUT2D eigenvalue weighted by molar-refractivity contribution is 5.97. The fourth-order valence-corrected chi connectivity index (χ4v) is 2.51. The van der Waals surface area contributed by atoms with Crippen LogP contribution in [0.25, 0.3) is 0 Å². The van der Waals surface area contributed by atoms with E-state index in [1.807, 2.05) is 4.90 Å². The molecule has 1 saturated heterocycles. The van der Waals surface area contributed by atoms with Gasteiger partial charge >= 0.3 is 5.97 Å². The molecule has 110 valence electrons. The van der Waals surface area contributed by atoms with Gasteiger partial charge < -0.3 is 20.5 Å². The Balaban J connectivity index is 2.24. The van der Waals surface area contributed by atoms with Crippen molar-refractivity contribution in [2.45, 2.75) is 19.8 Å². The summed E-state index contributed by atoms with van der Waals surface area (Å²) in [4.78, 5) is 18.1. The summed E-state index contributed by atoms with van der Waals surface area (Å²) in [6, 6.07) is 1.57. The quantitative estimate of drug-likeness (QED) is 0.801. The van der Waals surface area contributed by atoms with E-state index < -0.39 is 5.97 Å². The third-order valence-corrected chi connectivity index (χ3v) is 3.54. The van der Waals surface area contributed by atoms with Gasteiger partial charge in [-0.1, -0.05) is 0 Å². The van der Waals surface area contributed by atoms with Crippen LogP contribution in [0.15, 0.2) is 12.3 Å². The Labute approximate surface area is 118 Å². The van der Waals surface area contributed by atoms with Crippen LogP contribution in [0.5, 0.6) is 0 Å². The number of anilines is 2. The summed E-state index contributed by atoms with van der Waals surface area (Å²) in [6.45, 7) is 3.77. The molecular formula is C14H21N3O3. The van der Waals surface area contributed by atoms with Crippen molar-refractivity contribution in [2.24, 2.45) is 5.92 Å². The van der Waals surface area contributed by atoms with Gasteiger partial charge in [-0.25, -0.2) is 9.78 Å². The van der Waals surface area contributed by atoms with Crippen molar-refractivity contribution in [3.8, 4) is 0 Å². The number of nitrogens with two attached hydrogens (primary N) is 1. The van der Waals surface area contributed by atoms with Gasteiger partial charge in [-0.05, 0) is 31.7 Å². The first-order chi connectivity index (χ1) is 9.67. The molecule has 3 N–H and O–H groups in total. The minimum atomic E-state index is -0.427. The molecule has 0 aromatic carbocycles. The number of nitrogens with zero attached hydrogens (tertiary/aromatic N) is 2. The van der Waals surface area contributed by atoms with Gasteiger partial charge in [-0.3, -0.25) is 0 Å². The maximum Gasteiger partial charge on any atom is 0.340 e. The smallest absolute Gasteiger partial charge is 0.340 e. The third-order valence-electron chi connectivity index (χ3n) is 3.54. The van der Waals surface area contributed by atoms with E-state index in [4.69, 9.17) is 10.5 Å². The van der Waals surface area contributed by atoms with E-state index in [2.05, 4.69) is 4.98 Å². The number of aliphatic hydroxyl groups is 1. The summed E-state index contributed by atoms with van der Waals surface area (Å²) in [5.74, 6) is 0.411. The fraction of sp³-hybridized carbons (Fsp3) is 0.571. The van der Waals surface area contributed by atoms with Gasteiger partial charge in [0.1, 0.15) is 0 Å². The number of pyridine rings is 1. The normalized spacial score (nSPS) is 18.9. The number of carbonyl (C=O) groups excluding carboxylic acids is 1. The minimum absolute atomic E-state index is 0.161. The number of hydrogen-bond donors (Lipinski definition) is 2. The van der Waals surface area contributed by atoms with Crippen molar-refractivity contribution in [1.82, 2.24) is 4.98 Å². The zero-order chi connectivity index (χ0) is 14.5. The number of esters is 1. The number of carbonyl (C=O) groups is 1. The van der Waals surface area contributed by atoms with Gasteiger partial charge in [0.05, 0.1) is 17.9 Å². The first kappa shape index (κ1) is 14.6. The highest BCUT2D eigenvalue weighted by Crippen LogP contribution is 2.28. The molecule has 1 aromatic rings. The molecule has 6 nitrogen and oxygen atoms in total. The highest BCUT2D eigenvalue weighted by atomic mass is 16.5. The zero-order valence-electron chi connectivity index (χ0n) is 11.7. The second kappa shape index (κ2) is 6.56. The number of piperidine rings is 1. The molecule has 0 aliphatic carbocycles. The van der Waals surface area contributed by atoms with Crippen molar-refractivity contribution in [3.63, 3.8) is 0 Å². The molecule has 1 aliphatic heterocycles. The second-order valence-electron chi connectivity index (χ2n) is 4.95. The van der Waals surface area contributed by atoms with Gasteiger partial charge in [0.15, 0.2) is 5.82 Å². The summed E-state index contributed by atoms with van der Waals surface area (Å²) in [6.07, 6.45) is 3.56. The molecule has 0 radical (unpaired) electrons. The molecule has 2 heterocycles. The van der Waals surface area contributed by atoms with Crippen LogP contribution in [0.3, 0.4) is 0 Å². The highest BCUT2D eigenvalue weighted by Gasteiger charge is 2.24. The molecule has 1 atom stereocenters. The molecule has 0 bridgehead atoms. The van der Waals surface area contributed by atoms with Crippen molar-refractivity contribution in [2.75, 3.05) is 36.9 Å². The molecule has 0 spiro atoms. The van der Waals surface area contributed by atoms with E-state index in [1.54, 1.807) is 19.2 Å². The van der Waals surface area contributed by atoms with Crippen LogP contribution in [-0.2, 0) is 4.74 Å². The van der Waals surface area contributed by atoms with E-state index in [1.165, 1.54) is 0 Å². The summed E-state index contributed by atoms with van der Waals surface area (Å²) >= 11 is 0. The van der Waals surface area contributed by atoms with Crippen molar-refractivity contribution in [3.05, 3.63) is 17.8 Å². The van der Waals surface area contributed by atoms with Crippen molar-refractivity contribution >= 4 is 17.5 Å². The molecule has 20 heavy (non-hydrogen) atoms. The van der Waals surface area contributed by atoms with Crippen LogP contribution in [0.2, 0.25) is 0 Å². The molecule has 1 aliphatic rings. The van der Waals surface area contributed by atoms with E-state index in [-0.39, 0.29) is 12.5 Å². The van der Waals surface area contributed by atoms with E-state index in [0.29, 0.717) is 30.2 Å². The standard InChI is InChI=1S/C14H21N3O3/c1-2-20-14(19)11-5-6-16-13(12(11)15)17-7-3-4-10(8-17)9-18/h5-6,10,18H,2-4,7-9,15H2,1H3. The van der Waals surface area contributed by atoms with Crippen LogP contribution in [0, 0.1) is 5.92 Å². The summed E-state index contributed by atoms with van der Waals surface area (Å²) < 4.78 is 4.99. The number of aromatic nitrogens is 1. The molecule has 1 unspecified atom stereocenters. The largest absolute Gasteiger partial charge is 0.462 e. The lowest BCUT2D eigenvalue weighted by atomic mass is 9.99. The van der Waals surface area contributed by atoms with Crippen LogP contribution in [0.1, 0.15) is 30.1 Å². The first-order valence-corrected chi connectivity index (χ1v) is 6.94. The molecule has 1 fully saturated rings. The molecule has 0 saturated carbocycles. The molecule has 0 amide bonds. The summed E-state index contributed by atoms with van der Waals surface area (Å²) in [7, 11) is 0. The SMILES string of the molecule is CCOC(=O)c1ccnc(N2CCCC(CO)C2)c1N. The lowest BCUT2D eigenvalue weighted by Gasteiger charge is -2.33. The topological polar surface area (TPSA) is 88.7 Å². The third kappa shape index (κ3) is 3.01. The fourth-order valence-electron chi connectivity index (χ4n) is 2.51. The Morgan fingerprint density at radius 3 is 3.15 bits per heavy atom. The molecule has 1 aromatic heterocycles. The second-order valence-corrected chi connectivity index (χ2v) is 4.95. The molecule has 6 heteroatoms. The van der Waals surface area contributed by atoms with Gasteiger partial charge in [-0.15, -0.1) is 0 Å². The molecular weight excluding hydrogens is 258 g/mol. The Bertz CT molecular complexity index is 479. The van der Waals surface area contributed by atoms with Crippen LogP contribution in [-0.4, -0.2) is 42.4 Å². The van der Waals surface area contributed by atoms with Gasteiger partial charge in [0, 0.05) is 25.9 Å². The Morgan fingerprint density at radius 1 is 1.65 bits per heavy atom. The lowest BCUT2D eigenvalue weighted by Crippen LogP contribution is -2.38. The predicted octanol–water partition coefficient (Wildman–Crippen LogP) is 1.05. The average Bonchev–Trinajstić information content (AvgIpc) is 2.47. The Morgan fingerprint density at radius 2 is 2.45 bits per heavy atom. The number of aliphatic hydroxyl groups excluding tert-OH is 1. The zero-order valence-corrected chi connectivity index (χ0v) is 11.7. The van der Waals surface area contributed by atoms with Crippen molar-refractivity contribution < 1.29 is 14.6 Å². The Hall–Kier alpha value is -1.82. The van der Waals surface area contributed by atoms with Crippen LogP contribution in [0.4, 0.5) is 11.5 Å². The van der Waals surface area contributed by atoms with Crippen LogP contribution < -0.4 is 10.6 Å². The number of hydrogen-bond acceptors (Lipinski definition) is 6. The summed E-state index contributed by atoms with van der Waals surface area (Å²) in [5, 5.41) is 9.29. The van der Waals surface area contributed by atoms with Gasteiger partial charge in [-0.2, -0.15) is 0 Å². The monoisotopic (exact) mass is 279 g/mol. The predicted molar refractivity (Wildman–Crippen MR) is 76.6 cm³/mol. The van der Waals surface area contributed by atoms with Gasteiger partial charge in [0.2, 0.25) is 0 Å². The average molecular weight is 279 g/mol. The number of ether oxygens (including phenoxy) is 1. The lowest BCUT2D eigenvalue weighted by molar-refractivity contribution is 0.0527. The van der Waals surface area contributed by atoms with Crippen molar-refractivity contribution in [1.29, 1.82) is 0 Å². The first-order valence-electron chi connectivity index (χ1n) is 6.94. The maximum atomic E-state index is 11.8.